The van der Waals surface area contributed by atoms with Crippen molar-refractivity contribution in [2.24, 2.45) is 18.4 Å². The quantitative estimate of drug-likeness (QED) is 0.355. The molecule has 0 saturated carbocycles. The van der Waals surface area contributed by atoms with Gasteiger partial charge in [0.2, 0.25) is 12.7 Å². The van der Waals surface area contributed by atoms with Gasteiger partial charge in [-0.25, -0.2) is 4.57 Å². The average molecular weight is 537 g/mol. The standard InChI is InChI=1S/C31H41N3O5/c1-7-12-34(23-9-8-13-32(6)17-23)28(35)19-33-18-24(22-10-11-26-27(14-22)39-20-38-26)29(30(36)37)25(33)16-31(4,5)15-21(2)3/h8-11,13-15,17,24-25,29H,7,12,16,18-20H2,1-6H3/p+1/t24-,25+,29?/m1/s1. The number of likely N-dealkylation sites (tertiary alicyclic amines) is 1. The minimum Gasteiger partial charge on any atom is -0.481 e. The zero-order valence-electron chi connectivity index (χ0n) is 24.0. The van der Waals surface area contributed by atoms with E-state index >= 15 is 0 Å². The molecule has 1 saturated heterocycles. The highest BCUT2D eigenvalue weighted by molar-refractivity contribution is 5.94. The Morgan fingerprint density at radius 2 is 1.95 bits per heavy atom. The number of hydrogen-bond acceptors (Lipinski definition) is 5. The van der Waals surface area contributed by atoms with Crippen LogP contribution in [0.1, 0.15) is 58.9 Å². The van der Waals surface area contributed by atoms with Crippen molar-refractivity contribution >= 4 is 17.6 Å². The average Bonchev–Trinajstić information content (AvgIpc) is 3.45. The lowest BCUT2D eigenvalue weighted by Crippen LogP contribution is -2.46. The molecule has 39 heavy (non-hydrogen) atoms. The Morgan fingerprint density at radius 3 is 2.62 bits per heavy atom. The van der Waals surface area contributed by atoms with Crippen LogP contribution in [0, 0.1) is 11.3 Å². The smallest absolute Gasteiger partial charge is 0.308 e. The number of carbonyl (C=O) groups is 2. The first kappa shape index (κ1) is 28.6. The van der Waals surface area contributed by atoms with Crippen molar-refractivity contribution in [3.05, 3.63) is 59.9 Å². The van der Waals surface area contributed by atoms with Gasteiger partial charge in [0.15, 0.2) is 23.9 Å². The van der Waals surface area contributed by atoms with Crippen molar-refractivity contribution in [3.63, 3.8) is 0 Å². The van der Waals surface area contributed by atoms with Crippen molar-refractivity contribution < 1.29 is 28.7 Å². The van der Waals surface area contributed by atoms with E-state index in [2.05, 4.69) is 45.6 Å². The molecule has 2 aliphatic heterocycles. The van der Waals surface area contributed by atoms with E-state index in [1.807, 2.05) is 59.2 Å². The third-order valence-corrected chi connectivity index (χ3v) is 7.60. The van der Waals surface area contributed by atoms with Crippen molar-refractivity contribution in [2.45, 2.75) is 59.4 Å². The van der Waals surface area contributed by atoms with E-state index in [1.165, 1.54) is 5.57 Å². The SMILES string of the molecule is CCCN(C(=O)CN1C[C@H](c2ccc3c(c2)OCO3)C(C(=O)O)[C@@H]1CC(C)(C)C=C(C)C)c1ccc[n+](C)c1. The number of nitrogens with zero attached hydrogens (tertiary/aromatic N) is 3. The van der Waals surface area contributed by atoms with E-state index in [-0.39, 0.29) is 36.6 Å². The number of benzene rings is 1. The van der Waals surface area contributed by atoms with Crippen LogP contribution in [0.3, 0.4) is 0 Å². The summed E-state index contributed by atoms with van der Waals surface area (Å²) in [5.41, 5.74) is 2.69. The summed E-state index contributed by atoms with van der Waals surface area (Å²) in [5.74, 6) is -0.514. The molecule has 1 N–H and O–H groups in total. The maximum Gasteiger partial charge on any atom is 0.308 e. The first-order valence-electron chi connectivity index (χ1n) is 13.8. The Kier molecular flexibility index (Phi) is 8.64. The van der Waals surface area contributed by atoms with Gasteiger partial charge in [0.05, 0.1) is 12.5 Å². The number of pyridine rings is 1. The molecule has 0 spiro atoms. The van der Waals surface area contributed by atoms with E-state index in [0.717, 1.165) is 17.7 Å². The minimum atomic E-state index is -0.842. The molecule has 4 rings (SSSR count). The van der Waals surface area contributed by atoms with Crippen LogP contribution in [-0.2, 0) is 16.6 Å². The van der Waals surface area contributed by atoms with Gasteiger partial charge < -0.3 is 19.5 Å². The monoisotopic (exact) mass is 536 g/mol. The fourth-order valence-corrected chi connectivity index (χ4v) is 6.22. The Hall–Kier alpha value is -3.39. The van der Waals surface area contributed by atoms with E-state index in [0.29, 0.717) is 31.0 Å². The minimum absolute atomic E-state index is 0.0245. The molecule has 210 valence electrons. The van der Waals surface area contributed by atoms with Crippen molar-refractivity contribution in [2.75, 3.05) is 31.3 Å². The zero-order chi connectivity index (χ0) is 28.3. The molecule has 1 amide bonds. The van der Waals surface area contributed by atoms with Crippen molar-refractivity contribution in [3.8, 4) is 11.5 Å². The van der Waals surface area contributed by atoms with Gasteiger partial charge in [-0.15, -0.1) is 0 Å². The molecule has 0 aliphatic carbocycles. The van der Waals surface area contributed by atoms with Gasteiger partial charge in [0.1, 0.15) is 12.7 Å². The number of allylic oxidation sites excluding steroid dienone is 2. The Morgan fingerprint density at radius 1 is 1.21 bits per heavy atom. The predicted octanol–water partition coefficient (Wildman–Crippen LogP) is 4.53. The van der Waals surface area contributed by atoms with Crippen LogP contribution in [0.15, 0.2) is 54.4 Å². The van der Waals surface area contributed by atoms with Crippen LogP contribution in [-0.4, -0.2) is 54.4 Å². The number of amides is 1. The highest BCUT2D eigenvalue weighted by Gasteiger charge is 2.49. The Labute approximate surface area is 231 Å². The second-order valence-corrected chi connectivity index (χ2v) is 11.8. The molecule has 2 aliphatic rings. The molecule has 8 heteroatoms. The fourth-order valence-electron chi connectivity index (χ4n) is 6.22. The summed E-state index contributed by atoms with van der Waals surface area (Å²) >= 11 is 0. The number of carbonyl (C=O) groups excluding carboxylic acids is 1. The highest BCUT2D eigenvalue weighted by atomic mass is 16.7. The number of carboxylic acid groups (broad SMARTS) is 1. The van der Waals surface area contributed by atoms with Crippen LogP contribution in [0.5, 0.6) is 11.5 Å². The lowest BCUT2D eigenvalue weighted by molar-refractivity contribution is -0.670. The number of hydrogen-bond donors (Lipinski definition) is 1. The highest BCUT2D eigenvalue weighted by Crippen LogP contribution is 2.45. The number of fused-ring (bicyclic) bond motifs is 1. The normalized spacial score (nSPS) is 20.6. The van der Waals surface area contributed by atoms with Crippen LogP contribution < -0.4 is 18.9 Å². The van der Waals surface area contributed by atoms with Crippen molar-refractivity contribution in [1.29, 1.82) is 0 Å². The maximum atomic E-state index is 13.8. The molecule has 8 nitrogen and oxygen atoms in total. The summed E-state index contributed by atoms with van der Waals surface area (Å²) < 4.78 is 13.0. The fraction of sp³-hybridized carbons (Fsp3) is 0.516. The number of aryl methyl sites for hydroxylation is 1. The molecular weight excluding hydrogens is 494 g/mol. The van der Waals surface area contributed by atoms with Crippen LogP contribution >= 0.6 is 0 Å². The van der Waals surface area contributed by atoms with Gasteiger partial charge >= 0.3 is 5.97 Å². The molecule has 3 atom stereocenters. The van der Waals surface area contributed by atoms with Gasteiger partial charge in [0.25, 0.3) is 0 Å². The molecule has 0 bridgehead atoms. The first-order chi connectivity index (χ1) is 18.5. The van der Waals surface area contributed by atoms with Gasteiger partial charge in [-0.1, -0.05) is 38.5 Å². The van der Waals surface area contributed by atoms with Gasteiger partial charge in [-0.05, 0) is 55.9 Å². The third kappa shape index (κ3) is 6.61. The zero-order valence-corrected chi connectivity index (χ0v) is 24.0. The second-order valence-electron chi connectivity index (χ2n) is 11.8. The first-order valence-corrected chi connectivity index (χ1v) is 13.8. The summed E-state index contributed by atoms with van der Waals surface area (Å²) in [6.45, 7) is 11.8. The maximum absolute atomic E-state index is 13.8. The summed E-state index contributed by atoms with van der Waals surface area (Å²) in [4.78, 5) is 30.6. The lowest BCUT2D eigenvalue weighted by Gasteiger charge is -2.34. The molecule has 1 unspecified atom stereocenters. The molecule has 3 heterocycles. The number of anilines is 1. The summed E-state index contributed by atoms with van der Waals surface area (Å²) in [5, 5.41) is 10.5. The van der Waals surface area contributed by atoms with Crippen LogP contribution in [0.2, 0.25) is 0 Å². The van der Waals surface area contributed by atoms with E-state index < -0.39 is 11.9 Å². The van der Waals surface area contributed by atoms with E-state index in [4.69, 9.17) is 9.47 Å². The topological polar surface area (TPSA) is 83.2 Å². The van der Waals surface area contributed by atoms with Crippen LogP contribution in [0.4, 0.5) is 5.69 Å². The Balaban J connectivity index is 1.69. The number of ether oxygens (including phenoxy) is 2. The van der Waals surface area contributed by atoms with Gasteiger partial charge in [-0.3, -0.25) is 14.5 Å². The third-order valence-electron chi connectivity index (χ3n) is 7.60. The van der Waals surface area contributed by atoms with E-state index in [9.17, 15) is 14.7 Å². The lowest BCUT2D eigenvalue weighted by atomic mass is 9.77. The van der Waals surface area contributed by atoms with Crippen molar-refractivity contribution in [1.82, 2.24) is 4.90 Å². The Bertz CT molecular complexity index is 1240. The number of aromatic nitrogens is 1. The molecule has 1 aromatic carbocycles. The van der Waals surface area contributed by atoms with Gasteiger partial charge in [-0.2, -0.15) is 0 Å². The summed E-state index contributed by atoms with van der Waals surface area (Å²) in [6, 6.07) is 9.25. The van der Waals surface area contributed by atoms with E-state index in [1.54, 1.807) is 0 Å². The molecule has 1 aromatic heterocycles. The summed E-state index contributed by atoms with van der Waals surface area (Å²) in [7, 11) is 1.94. The number of rotatable bonds is 10. The molecule has 2 aromatic rings. The largest absolute Gasteiger partial charge is 0.481 e. The number of aliphatic carboxylic acids is 1. The summed E-state index contributed by atoms with van der Waals surface area (Å²) in [6.07, 6.45) is 7.53. The van der Waals surface area contributed by atoms with Gasteiger partial charge in [0, 0.05) is 31.1 Å². The molecule has 0 radical (unpaired) electrons. The van der Waals surface area contributed by atoms with Crippen LogP contribution in [0.25, 0.3) is 0 Å². The second kappa shape index (κ2) is 11.8. The molecule has 1 fully saturated rings. The number of carboxylic acids is 1. The molecular formula is C31H42N3O5+. The predicted molar refractivity (Wildman–Crippen MR) is 150 cm³/mol.